The van der Waals surface area contributed by atoms with Crippen LogP contribution in [-0.4, -0.2) is 47.8 Å². The highest BCUT2D eigenvalue weighted by molar-refractivity contribution is 7.11. The molecule has 0 bridgehead atoms. The fraction of sp³-hybridized carbons (Fsp3) is 0.786. The van der Waals surface area contributed by atoms with E-state index in [4.69, 9.17) is 10.6 Å². The minimum atomic E-state index is 0.140. The number of aryl methyl sites for hydroxylation is 2. The summed E-state index contributed by atoms with van der Waals surface area (Å²) >= 11 is 1.77. The second kappa shape index (κ2) is 6.07. The minimum absolute atomic E-state index is 0.140. The standard InChI is InChI=1S/C14H24N4OS/c1-9-10(2)20-14(16-9)6-12(17-15)13-7-18-5-3-4-11(18)8-19-13/h11-13,17H,3-8,15H2,1-2H3. The molecule has 3 atom stereocenters. The maximum absolute atomic E-state index is 6.05. The first-order valence-corrected chi connectivity index (χ1v) is 8.23. The van der Waals surface area contributed by atoms with Crippen LogP contribution in [0.1, 0.15) is 28.4 Å². The predicted octanol–water partition coefficient (Wildman–Crippen LogP) is 0.998. The molecule has 0 aliphatic carbocycles. The first-order chi connectivity index (χ1) is 9.67. The highest BCUT2D eigenvalue weighted by Crippen LogP contribution is 2.25. The van der Waals surface area contributed by atoms with Gasteiger partial charge in [0.15, 0.2) is 0 Å². The average Bonchev–Trinajstić information content (AvgIpc) is 3.02. The predicted molar refractivity (Wildman–Crippen MR) is 80.7 cm³/mol. The SMILES string of the molecule is Cc1nc(CC(NN)C2CN3CCCC3CO2)sc1C. The molecule has 2 aliphatic heterocycles. The summed E-state index contributed by atoms with van der Waals surface area (Å²) in [5.74, 6) is 5.76. The Balaban J connectivity index is 1.64. The van der Waals surface area contributed by atoms with E-state index in [0.29, 0.717) is 6.04 Å². The number of aromatic nitrogens is 1. The smallest absolute Gasteiger partial charge is 0.0947 e. The average molecular weight is 296 g/mol. The maximum Gasteiger partial charge on any atom is 0.0947 e. The summed E-state index contributed by atoms with van der Waals surface area (Å²) < 4.78 is 6.05. The summed E-state index contributed by atoms with van der Waals surface area (Å²) in [5.41, 5.74) is 4.07. The van der Waals surface area contributed by atoms with Crippen molar-refractivity contribution < 1.29 is 4.74 Å². The van der Waals surface area contributed by atoms with E-state index in [1.807, 2.05) is 0 Å². The quantitative estimate of drug-likeness (QED) is 0.641. The third-order valence-electron chi connectivity index (χ3n) is 4.55. The van der Waals surface area contributed by atoms with Crippen molar-refractivity contribution in [2.75, 3.05) is 19.7 Å². The number of morpholine rings is 1. The molecule has 3 unspecified atom stereocenters. The molecule has 20 heavy (non-hydrogen) atoms. The van der Waals surface area contributed by atoms with E-state index in [2.05, 4.69) is 29.2 Å². The molecule has 2 aliphatic rings. The van der Waals surface area contributed by atoms with E-state index in [0.717, 1.165) is 30.3 Å². The number of fused-ring (bicyclic) bond motifs is 1. The van der Waals surface area contributed by atoms with Gasteiger partial charge in [0, 0.05) is 23.9 Å². The van der Waals surface area contributed by atoms with Gasteiger partial charge in [0.05, 0.1) is 29.5 Å². The van der Waals surface area contributed by atoms with Crippen molar-refractivity contribution in [3.63, 3.8) is 0 Å². The molecule has 0 spiro atoms. The van der Waals surface area contributed by atoms with Gasteiger partial charge in [-0.05, 0) is 33.2 Å². The first-order valence-electron chi connectivity index (χ1n) is 7.42. The van der Waals surface area contributed by atoms with Gasteiger partial charge in [0.2, 0.25) is 0 Å². The molecule has 1 aromatic heterocycles. The molecular formula is C14H24N4OS. The fourth-order valence-corrected chi connectivity index (χ4v) is 4.19. The summed E-state index contributed by atoms with van der Waals surface area (Å²) in [6.45, 7) is 7.22. The number of nitrogens with one attached hydrogen (secondary N) is 1. The van der Waals surface area contributed by atoms with Gasteiger partial charge in [0.25, 0.3) is 0 Å². The first kappa shape index (κ1) is 14.4. The van der Waals surface area contributed by atoms with Crippen molar-refractivity contribution >= 4 is 11.3 Å². The normalized spacial score (nSPS) is 28.6. The number of nitrogens with two attached hydrogens (primary N) is 1. The van der Waals surface area contributed by atoms with Crippen molar-refractivity contribution in [2.45, 2.75) is 51.3 Å². The van der Waals surface area contributed by atoms with E-state index < -0.39 is 0 Å². The van der Waals surface area contributed by atoms with Gasteiger partial charge in [-0.15, -0.1) is 11.3 Å². The number of hydrogen-bond donors (Lipinski definition) is 2. The van der Waals surface area contributed by atoms with Crippen LogP contribution in [-0.2, 0) is 11.2 Å². The second-order valence-corrected chi connectivity index (χ2v) is 7.18. The largest absolute Gasteiger partial charge is 0.374 e. The summed E-state index contributed by atoms with van der Waals surface area (Å²) in [4.78, 5) is 8.46. The van der Waals surface area contributed by atoms with E-state index in [1.165, 1.54) is 24.3 Å². The Morgan fingerprint density at radius 1 is 1.55 bits per heavy atom. The van der Waals surface area contributed by atoms with Crippen LogP contribution in [0.4, 0.5) is 0 Å². The zero-order chi connectivity index (χ0) is 14.1. The molecule has 2 fully saturated rings. The van der Waals surface area contributed by atoms with Crippen molar-refractivity contribution in [1.29, 1.82) is 0 Å². The Kier molecular flexibility index (Phi) is 4.37. The minimum Gasteiger partial charge on any atom is -0.374 e. The molecule has 5 nitrogen and oxygen atoms in total. The van der Waals surface area contributed by atoms with Crippen molar-refractivity contribution in [2.24, 2.45) is 5.84 Å². The van der Waals surface area contributed by atoms with Gasteiger partial charge in [-0.3, -0.25) is 16.2 Å². The number of nitrogens with zero attached hydrogens (tertiary/aromatic N) is 2. The highest BCUT2D eigenvalue weighted by Gasteiger charge is 2.35. The molecule has 3 N–H and O–H groups in total. The number of ether oxygens (including phenoxy) is 1. The lowest BCUT2D eigenvalue weighted by Gasteiger charge is -2.38. The van der Waals surface area contributed by atoms with E-state index in [1.54, 1.807) is 11.3 Å². The van der Waals surface area contributed by atoms with Crippen LogP contribution >= 0.6 is 11.3 Å². The van der Waals surface area contributed by atoms with Crippen LogP contribution in [0.15, 0.2) is 0 Å². The van der Waals surface area contributed by atoms with Crippen molar-refractivity contribution in [3.05, 3.63) is 15.6 Å². The Hall–Kier alpha value is -0.530. The zero-order valence-corrected chi connectivity index (χ0v) is 13.1. The topological polar surface area (TPSA) is 63.4 Å². The Labute approximate surface area is 124 Å². The van der Waals surface area contributed by atoms with Crippen molar-refractivity contribution in [3.8, 4) is 0 Å². The van der Waals surface area contributed by atoms with Crippen LogP contribution in [0.2, 0.25) is 0 Å². The Morgan fingerprint density at radius 3 is 3.10 bits per heavy atom. The summed E-state index contributed by atoms with van der Waals surface area (Å²) in [5, 5.41) is 1.15. The van der Waals surface area contributed by atoms with Gasteiger partial charge in [-0.1, -0.05) is 0 Å². The van der Waals surface area contributed by atoms with Crippen LogP contribution in [0.5, 0.6) is 0 Å². The summed E-state index contributed by atoms with van der Waals surface area (Å²) in [6.07, 6.45) is 3.59. The van der Waals surface area contributed by atoms with Gasteiger partial charge in [-0.2, -0.15) is 0 Å². The number of hydrazine groups is 1. The molecule has 0 aromatic carbocycles. The third-order valence-corrected chi connectivity index (χ3v) is 5.64. The zero-order valence-electron chi connectivity index (χ0n) is 12.3. The second-order valence-electron chi connectivity index (χ2n) is 5.89. The van der Waals surface area contributed by atoms with Crippen LogP contribution < -0.4 is 11.3 Å². The van der Waals surface area contributed by atoms with E-state index in [-0.39, 0.29) is 12.1 Å². The number of hydrogen-bond acceptors (Lipinski definition) is 6. The number of thiazole rings is 1. The molecule has 3 rings (SSSR count). The van der Waals surface area contributed by atoms with Crippen LogP contribution in [0, 0.1) is 13.8 Å². The Bertz CT molecular complexity index is 445. The molecule has 0 radical (unpaired) electrons. The number of rotatable bonds is 4. The molecule has 112 valence electrons. The highest BCUT2D eigenvalue weighted by atomic mass is 32.1. The lowest BCUT2D eigenvalue weighted by Crippen LogP contribution is -2.56. The monoisotopic (exact) mass is 296 g/mol. The summed E-state index contributed by atoms with van der Waals surface area (Å²) in [6, 6.07) is 0.774. The van der Waals surface area contributed by atoms with Gasteiger partial charge in [-0.25, -0.2) is 4.98 Å². The van der Waals surface area contributed by atoms with E-state index in [9.17, 15) is 0 Å². The van der Waals surface area contributed by atoms with Crippen LogP contribution in [0.3, 0.4) is 0 Å². The van der Waals surface area contributed by atoms with E-state index >= 15 is 0 Å². The molecule has 3 heterocycles. The molecule has 2 saturated heterocycles. The Morgan fingerprint density at radius 2 is 2.40 bits per heavy atom. The summed E-state index contributed by atoms with van der Waals surface area (Å²) in [7, 11) is 0. The third kappa shape index (κ3) is 2.89. The maximum atomic E-state index is 6.05. The lowest BCUT2D eigenvalue weighted by molar-refractivity contribution is -0.0644. The molecule has 0 saturated carbocycles. The van der Waals surface area contributed by atoms with Crippen LogP contribution in [0.25, 0.3) is 0 Å². The molecule has 0 amide bonds. The van der Waals surface area contributed by atoms with Gasteiger partial charge < -0.3 is 4.74 Å². The van der Waals surface area contributed by atoms with Gasteiger partial charge in [0.1, 0.15) is 0 Å². The molecular weight excluding hydrogens is 272 g/mol. The van der Waals surface area contributed by atoms with Crippen molar-refractivity contribution in [1.82, 2.24) is 15.3 Å². The molecule has 1 aromatic rings. The molecule has 6 heteroatoms. The van der Waals surface area contributed by atoms with Gasteiger partial charge >= 0.3 is 0 Å². The lowest BCUT2D eigenvalue weighted by atomic mass is 10.1. The fourth-order valence-electron chi connectivity index (χ4n) is 3.20.